The quantitative estimate of drug-likeness (QED) is 0.703. The van der Waals surface area contributed by atoms with Crippen molar-refractivity contribution in [1.29, 1.82) is 0 Å². The first kappa shape index (κ1) is 18.0. The summed E-state index contributed by atoms with van der Waals surface area (Å²) in [7, 11) is 0. The molecule has 24 heavy (non-hydrogen) atoms. The Morgan fingerprint density at radius 3 is 2.46 bits per heavy atom. The van der Waals surface area contributed by atoms with Gasteiger partial charge in [0.25, 0.3) is 5.91 Å². The lowest BCUT2D eigenvalue weighted by molar-refractivity contribution is -0.151. The van der Waals surface area contributed by atoms with Crippen LogP contribution in [-0.2, 0) is 24.5 Å². The first-order chi connectivity index (χ1) is 11.5. The molecule has 130 valence electrons. The average Bonchev–Trinajstić information content (AvgIpc) is 3.40. The lowest BCUT2D eigenvalue weighted by atomic mass is 9.96. The molecule has 1 aromatic carbocycles. The van der Waals surface area contributed by atoms with Crippen LogP contribution in [0.25, 0.3) is 0 Å². The number of hydrogen-bond acceptors (Lipinski definition) is 4. The molecule has 0 unspecified atom stereocenters. The van der Waals surface area contributed by atoms with Gasteiger partial charge >= 0.3 is 5.97 Å². The van der Waals surface area contributed by atoms with Crippen molar-refractivity contribution < 1.29 is 19.1 Å². The molecule has 1 aliphatic rings. The van der Waals surface area contributed by atoms with Gasteiger partial charge in [-0.1, -0.05) is 37.3 Å². The van der Waals surface area contributed by atoms with Crippen molar-refractivity contribution in [3.05, 3.63) is 35.9 Å². The van der Waals surface area contributed by atoms with Gasteiger partial charge in [0.05, 0.1) is 5.41 Å². The van der Waals surface area contributed by atoms with Gasteiger partial charge in [0.1, 0.15) is 6.04 Å². The van der Waals surface area contributed by atoms with Crippen LogP contribution in [0.1, 0.15) is 38.7 Å². The average molecular weight is 332 g/mol. The monoisotopic (exact) mass is 332 g/mol. The van der Waals surface area contributed by atoms with E-state index in [0.717, 1.165) is 24.8 Å². The lowest BCUT2D eigenvalue weighted by Crippen LogP contribution is -2.46. The first-order valence-electron chi connectivity index (χ1n) is 8.29. The second-order valence-electron chi connectivity index (χ2n) is 6.10. The van der Waals surface area contributed by atoms with E-state index in [1.54, 1.807) is 6.92 Å². The highest BCUT2D eigenvalue weighted by molar-refractivity contribution is 5.91. The molecular weight excluding hydrogens is 308 g/mol. The number of amides is 2. The number of nitrogens with one attached hydrogen (secondary N) is 2. The summed E-state index contributed by atoms with van der Waals surface area (Å²) in [6.45, 7) is 3.73. The highest BCUT2D eigenvalue weighted by Gasteiger charge is 2.52. The summed E-state index contributed by atoms with van der Waals surface area (Å²) in [5.74, 6) is -1.11. The number of carbonyl (C=O) groups is 3. The van der Waals surface area contributed by atoms with Crippen LogP contribution in [0, 0.1) is 0 Å². The normalized spacial score (nSPS) is 15.9. The molecule has 0 heterocycles. The van der Waals surface area contributed by atoms with Gasteiger partial charge in [0, 0.05) is 6.54 Å². The van der Waals surface area contributed by atoms with Crippen LogP contribution in [0.3, 0.4) is 0 Å². The number of carbonyl (C=O) groups excluding carboxylic acids is 3. The Kier molecular flexibility index (Phi) is 5.95. The molecule has 1 aliphatic carbocycles. The molecule has 1 fully saturated rings. The maximum Gasteiger partial charge on any atom is 0.317 e. The molecule has 0 saturated heterocycles. The Morgan fingerprint density at radius 2 is 1.88 bits per heavy atom. The van der Waals surface area contributed by atoms with Crippen LogP contribution in [0.15, 0.2) is 30.3 Å². The Bertz CT molecular complexity index is 596. The standard InChI is InChI=1S/C18H24N2O4/c1-3-11-19-16(22)13(2)20-15(21)12-24-17(23)18(9-10-18)14-7-5-4-6-8-14/h4-8,13H,3,9-12H2,1-2H3,(H,19,22)(H,20,21)/t13-/m0/s1. The number of hydrogen-bond donors (Lipinski definition) is 2. The van der Waals surface area contributed by atoms with Crippen LogP contribution in [0.2, 0.25) is 0 Å². The Hall–Kier alpha value is -2.37. The fraction of sp³-hybridized carbons (Fsp3) is 0.500. The van der Waals surface area contributed by atoms with Gasteiger partial charge in [0.2, 0.25) is 5.91 Å². The van der Waals surface area contributed by atoms with Crippen molar-refractivity contribution in [3.8, 4) is 0 Å². The van der Waals surface area contributed by atoms with Gasteiger partial charge < -0.3 is 15.4 Å². The van der Waals surface area contributed by atoms with Gasteiger partial charge in [-0.05, 0) is 31.7 Å². The zero-order valence-corrected chi connectivity index (χ0v) is 14.1. The highest BCUT2D eigenvalue weighted by atomic mass is 16.5. The molecule has 0 aromatic heterocycles. The number of rotatable bonds is 8. The van der Waals surface area contributed by atoms with Crippen molar-refractivity contribution in [2.75, 3.05) is 13.2 Å². The smallest absolute Gasteiger partial charge is 0.317 e. The maximum atomic E-state index is 12.3. The molecule has 0 radical (unpaired) electrons. The summed E-state index contributed by atoms with van der Waals surface area (Å²) < 4.78 is 5.16. The maximum absolute atomic E-state index is 12.3. The fourth-order valence-electron chi connectivity index (χ4n) is 2.51. The molecular formula is C18H24N2O4. The summed E-state index contributed by atoms with van der Waals surface area (Å²) >= 11 is 0. The van der Waals surface area contributed by atoms with Crippen LogP contribution in [-0.4, -0.2) is 37.0 Å². The van der Waals surface area contributed by atoms with E-state index < -0.39 is 17.4 Å². The minimum atomic E-state index is -0.660. The van der Waals surface area contributed by atoms with Crippen LogP contribution < -0.4 is 10.6 Å². The van der Waals surface area contributed by atoms with Gasteiger partial charge in [-0.3, -0.25) is 14.4 Å². The predicted molar refractivity (Wildman–Crippen MR) is 89.2 cm³/mol. The number of ether oxygens (including phenoxy) is 1. The van der Waals surface area contributed by atoms with Crippen LogP contribution in [0.5, 0.6) is 0 Å². The van der Waals surface area contributed by atoms with E-state index >= 15 is 0 Å². The third-order valence-electron chi connectivity index (χ3n) is 4.12. The molecule has 0 aliphatic heterocycles. The van der Waals surface area contributed by atoms with E-state index in [1.807, 2.05) is 37.3 Å². The summed E-state index contributed by atoms with van der Waals surface area (Å²) in [5.41, 5.74) is 0.314. The number of benzene rings is 1. The van der Waals surface area contributed by atoms with E-state index in [9.17, 15) is 14.4 Å². The van der Waals surface area contributed by atoms with Crippen molar-refractivity contribution >= 4 is 17.8 Å². The Morgan fingerprint density at radius 1 is 1.21 bits per heavy atom. The molecule has 2 rings (SSSR count). The van der Waals surface area contributed by atoms with Crippen molar-refractivity contribution in [2.24, 2.45) is 0 Å². The molecule has 2 amide bonds. The minimum absolute atomic E-state index is 0.250. The minimum Gasteiger partial charge on any atom is -0.455 e. The topological polar surface area (TPSA) is 84.5 Å². The zero-order valence-electron chi connectivity index (χ0n) is 14.1. The molecule has 0 bridgehead atoms. The predicted octanol–water partition coefficient (Wildman–Crippen LogP) is 1.29. The van der Waals surface area contributed by atoms with E-state index in [0.29, 0.717) is 6.54 Å². The lowest BCUT2D eigenvalue weighted by Gasteiger charge is -2.16. The molecule has 1 saturated carbocycles. The van der Waals surface area contributed by atoms with Crippen molar-refractivity contribution in [3.63, 3.8) is 0 Å². The molecule has 0 spiro atoms. The van der Waals surface area contributed by atoms with Gasteiger partial charge in [-0.2, -0.15) is 0 Å². The van der Waals surface area contributed by atoms with E-state index in [-0.39, 0.29) is 18.5 Å². The fourth-order valence-corrected chi connectivity index (χ4v) is 2.51. The Balaban J connectivity index is 1.80. The molecule has 6 heteroatoms. The van der Waals surface area contributed by atoms with E-state index in [2.05, 4.69) is 10.6 Å². The summed E-state index contributed by atoms with van der Waals surface area (Å²) in [5, 5.41) is 5.22. The van der Waals surface area contributed by atoms with E-state index in [4.69, 9.17) is 4.74 Å². The second-order valence-corrected chi connectivity index (χ2v) is 6.10. The van der Waals surface area contributed by atoms with Gasteiger partial charge in [-0.15, -0.1) is 0 Å². The third kappa shape index (κ3) is 4.34. The third-order valence-corrected chi connectivity index (χ3v) is 4.12. The molecule has 1 atom stereocenters. The Labute approximate surface area is 142 Å². The summed E-state index contributed by atoms with van der Waals surface area (Å²) in [6.07, 6.45) is 2.28. The summed E-state index contributed by atoms with van der Waals surface area (Å²) in [4.78, 5) is 35.9. The largest absolute Gasteiger partial charge is 0.455 e. The second kappa shape index (κ2) is 7.95. The highest BCUT2D eigenvalue weighted by Crippen LogP contribution is 2.49. The van der Waals surface area contributed by atoms with Crippen molar-refractivity contribution in [1.82, 2.24) is 10.6 Å². The number of esters is 1. The van der Waals surface area contributed by atoms with Gasteiger partial charge in [0.15, 0.2) is 6.61 Å². The van der Waals surface area contributed by atoms with Crippen molar-refractivity contribution in [2.45, 2.75) is 44.6 Å². The molecule has 1 aromatic rings. The van der Waals surface area contributed by atoms with Gasteiger partial charge in [-0.25, -0.2) is 0 Å². The molecule has 2 N–H and O–H groups in total. The molecule has 6 nitrogen and oxygen atoms in total. The summed E-state index contributed by atoms with van der Waals surface area (Å²) in [6, 6.07) is 8.79. The first-order valence-corrected chi connectivity index (χ1v) is 8.29. The SMILES string of the molecule is CCCNC(=O)[C@H](C)NC(=O)COC(=O)C1(c2ccccc2)CC1. The van der Waals surface area contributed by atoms with E-state index in [1.165, 1.54) is 0 Å². The van der Waals surface area contributed by atoms with Crippen LogP contribution in [0.4, 0.5) is 0 Å². The zero-order chi connectivity index (χ0) is 17.6. The van der Waals surface area contributed by atoms with Crippen LogP contribution >= 0.6 is 0 Å².